The van der Waals surface area contributed by atoms with Gasteiger partial charge in [0.15, 0.2) is 80.5 Å². The third-order valence-electron chi connectivity index (χ3n) is 18.4. The second-order valence-corrected chi connectivity index (χ2v) is 29.3. The number of halogens is 7. The number of carbonyl (C=O) groups excluding carboxylic acids is 2. The second kappa shape index (κ2) is 32.1. The first-order chi connectivity index (χ1) is 46.6. The Morgan fingerprint density at radius 2 is 1.08 bits per heavy atom. The molecule has 0 radical (unpaired) electrons. The topological polar surface area (TPSA) is 431 Å². The van der Waals surface area contributed by atoms with E-state index in [1.807, 2.05) is 34.6 Å². The summed E-state index contributed by atoms with van der Waals surface area (Å²) in [7, 11) is 0.972. The zero-order valence-electron chi connectivity index (χ0n) is 58.1. The van der Waals surface area contributed by atoms with Crippen molar-refractivity contribution in [3.05, 3.63) is 24.1 Å². The highest BCUT2D eigenvalue weighted by Crippen LogP contribution is 2.51. The fraction of sp³-hybridized carbons (Fsp3) is 0.712. The predicted molar refractivity (Wildman–Crippen MR) is 366 cm³/mol. The summed E-state index contributed by atoms with van der Waals surface area (Å²) >= 11 is 9.18. The number of nitrogen functional groups attached to an aromatic ring is 3. The highest BCUT2D eigenvalue weighted by molar-refractivity contribution is 9.09. The summed E-state index contributed by atoms with van der Waals surface area (Å²) in [6.07, 6.45) is -3.13. The molecule has 12 N–H and O–H groups in total. The third-order valence-corrected chi connectivity index (χ3v) is 22.1. The van der Waals surface area contributed by atoms with Crippen molar-refractivity contribution in [2.24, 2.45) is 17.8 Å². The zero-order chi connectivity index (χ0) is 74.9. The first kappa shape index (κ1) is 81.6. The number of aromatic nitrogens is 12. The molecule has 32 nitrogen and oxygen atoms in total. The number of fused-ring (bicyclic) bond motifs is 3. The first-order valence-corrected chi connectivity index (χ1v) is 35.4. The lowest BCUT2D eigenvalue weighted by atomic mass is 9.88. The summed E-state index contributed by atoms with van der Waals surface area (Å²) in [5, 5.41) is 37.6. The lowest BCUT2D eigenvalue weighted by Crippen LogP contribution is -2.41. The highest BCUT2D eigenvalue weighted by atomic mass is 79.9. The van der Waals surface area contributed by atoms with Gasteiger partial charge < -0.3 is 71.6 Å². The number of ether oxygens (including phenoxy) is 6. The maximum absolute atomic E-state index is 15.7. The Balaban J connectivity index is 0.000000188. The number of imidazole rings is 3. The highest BCUT2D eigenvalue weighted by Gasteiger charge is 2.58. The van der Waals surface area contributed by atoms with Crippen LogP contribution in [0, 0.1) is 17.8 Å². The Bertz CT molecular complexity index is 3870. The summed E-state index contributed by atoms with van der Waals surface area (Å²) in [5.41, 5.74) is 9.98. The minimum Gasteiger partial charge on any atom is -0.462 e. The number of nitrogens with two attached hydrogens (primary N) is 3. The Labute approximate surface area is 589 Å². The van der Waals surface area contributed by atoms with E-state index in [9.17, 15) is 42.6 Å². The maximum Gasteiger partial charge on any atom is 0.409 e. The Morgan fingerprint density at radius 3 is 1.45 bits per heavy atom. The van der Waals surface area contributed by atoms with Gasteiger partial charge in [0.05, 0.1) is 50.5 Å². The van der Waals surface area contributed by atoms with E-state index in [0.717, 1.165) is 19.8 Å². The smallest absolute Gasteiger partial charge is 0.409 e. The zero-order valence-corrected chi connectivity index (χ0v) is 62.5. The van der Waals surface area contributed by atoms with Gasteiger partial charge in [-0.2, -0.15) is 29.9 Å². The molecule has 22 atom stereocenters. The molecule has 11 rings (SSSR count). The van der Waals surface area contributed by atoms with E-state index < -0.39 is 115 Å². The number of alkyl halides is 6. The molecule has 5 aliphatic rings. The molecule has 0 saturated carbocycles. The molecular formula is C59H91BrClF5N18O14P2. The molecule has 11 heterocycles. The fourth-order valence-electron chi connectivity index (χ4n) is 11.8. The van der Waals surface area contributed by atoms with Crippen LogP contribution in [0.25, 0.3) is 33.5 Å². The van der Waals surface area contributed by atoms with Gasteiger partial charge in [-0.3, -0.25) is 27.3 Å². The number of aliphatic hydroxyl groups is 3. The number of hydrogen-bond donors (Lipinski definition) is 9. The number of carbonyl (C=O) groups is 2. The molecule has 2 unspecified atom stereocenters. The van der Waals surface area contributed by atoms with Crippen LogP contribution in [0.1, 0.15) is 135 Å². The van der Waals surface area contributed by atoms with E-state index in [1.165, 1.54) is 55.8 Å². The van der Waals surface area contributed by atoms with Gasteiger partial charge in [-0.15, -0.1) is 0 Å². The van der Waals surface area contributed by atoms with E-state index in [1.54, 1.807) is 55.8 Å². The van der Waals surface area contributed by atoms with Gasteiger partial charge >= 0.3 is 19.7 Å². The third kappa shape index (κ3) is 16.6. The number of anilines is 5. The Hall–Kier alpha value is -5.73. The molecule has 5 fully saturated rings. The van der Waals surface area contributed by atoms with Crippen molar-refractivity contribution in [2.75, 3.05) is 55.1 Å². The Morgan fingerprint density at radius 1 is 0.670 bits per heavy atom. The lowest BCUT2D eigenvalue weighted by Gasteiger charge is -2.25. The second-order valence-electron chi connectivity index (χ2n) is 25.8. The molecular weight excluding hydrogens is 1460 g/mol. The monoisotopic (exact) mass is 1550 g/mol. The van der Waals surface area contributed by atoms with Crippen LogP contribution in [-0.2, 0) is 51.4 Å². The fourth-order valence-corrected chi connectivity index (χ4v) is 14.2. The average molecular weight is 1550 g/mol. The molecule has 6 aromatic rings. The van der Waals surface area contributed by atoms with Gasteiger partial charge in [0, 0.05) is 41.3 Å². The number of nitrogens with one attached hydrogen (secondary N) is 3. The lowest BCUT2D eigenvalue weighted by molar-refractivity contribution is -0.150. The van der Waals surface area contributed by atoms with Crippen LogP contribution in [0.2, 0.25) is 5.15 Å². The summed E-state index contributed by atoms with van der Waals surface area (Å²) < 4.78 is 132. The first-order valence-electron chi connectivity index (χ1n) is 32.1. The van der Waals surface area contributed by atoms with Crippen molar-refractivity contribution < 1.29 is 88.7 Å². The molecule has 0 aliphatic carbocycles. The summed E-state index contributed by atoms with van der Waals surface area (Å²) in [6.45, 7) is 21.8. The van der Waals surface area contributed by atoms with Crippen LogP contribution in [-0.4, -0.2) is 201 Å². The molecule has 5 saturated heterocycles. The number of cyclic esters (lactones) is 1. The van der Waals surface area contributed by atoms with Crippen molar-refractivity contribution in [2.45, 2.75) is 223 Å². The van der Waals surface area contributed by atoms with Crippen LogP contribution in [0.4, 0.5) is 51.4 Å². The quantitative estimate of drug-likeness (QED) is 0.0137. The van der Waals surface area contributed by atoms with E-state index in [-0.39, 0.29) is 76.5 Å². The van der Waals surface area contributed by atoms with Crippen molar-refractivity contribution in [3.8, 4) is 0 Å². The van der Waals surface area contributed by atoms with Crippen LogP contribution < -0.4 is 32.9 Å². The normalized spacial score (nSPS) is 33.9. The van der Waals surface area contributed by atoms with Crippen molar-refractivity contribution >= 4 is 120 Å². The Kier molecular flexibility index (Phi) is 26.2. The maximum atomic E-state index is 15.7. The van der Waals surface area contributed by atoms with Crippen LogP contribution in [0.15, 0.2) is 19.0 Å². The number of nitrogens with zero attached hydrogens (tertiary/aromatic N) is 12. The minimum absolute atomic E-state index is 0.00332. The van der Waals surface area contributed by atoms with Crippen LogP contribution >= 0.6 is 44.7 Å². The largest absolute Gasteiger partial charge is 0.462 e. The molecule has 0 aromatic carbocycles. The van der Waals surface area contributed by atoms with Gasteiger partial charge in [-0.25, -0.2) is 51.4 Å². The van der Waals surface area contributed by atoms with Crippen molar-refractivity contribution in [1.29, 1.82) is 0 Å². The molecule has 5 aliphatic heterocycles. The molecule has 100 heavy (non-hydrogen) atoms. The standard InChI is InChI=1S/C18H30FN7O7P2.C13H17ClFN5O.C12H17FN6O3.C8H14BrFO.C8H13FO2/c1-8(2)31-15(28)9(3)25-35(29,33-34)30-6-10-12(27)18(4,19)16(32-10)26-7-22-11-13(21-5)23-17(20)24-14(11)26;1-4-7-6(2)13(3,15)11(21-7)20-5-17-8-9(14)18-12(16)19-10(8)20;1-12(13)7(21)5(3-20)22-10(12)19-4-16-6-8(15-2)17-11(14)18-9(6)19;1-4-6-5(2)8(3,10)7(9)11-6;1-4-6-5(2)8(3,9)7(10)11-6/h7-10,12,16,27H,6,34H2,1-5H3,(H,25,29)(H3,20,21,23,24);5-7,11H,4H2,1-3H3,(H2,16,18,19);4-5,7,10,20-21H,3H2,1-2H3,(H3,14,15,17,18);5-7H,4H2,1-3H3;5-6H,4H2,1-3H3/t9-,10+,12+,16+,18+,35?;6-,7-,11-,13-;5-,7-,10-,12-;5-,6-,7+,8-;5-,6-,8-/m01111/s1. The van der Waals surface area contributed by atoms with E-state index in [4.69, 9.17) is 66.1 Å². The van der Waals surface area contributed by atoms with Gasteiger partial charge in [0.2, 0.25) is 23.5 Å². The molecule has 560 valence electrons. The number of rotatable bonds is 17. The molecule has 41 heteroatoms. The molecule has 0 spiro atoms. The van der Waals surface area contributed by atoms with Crippen LogP contribution in [0.5, 0.6) is 0 Å². The number of aliphatic hydroxyl groups excluding tert-OH is 3. The van der Waals surface area contributed by atoms with Crippen molar-refractivity contribution in [1.82, 2.24) is 63.6 Å². The van der Waals surface area contributed by atoms with Gasteiger partial charge in [0.25, 0.3) is 0 Å². The van der Waals surface area contributed by atoms with Crippen LogP contribution in [0.3, 0.4) is 0 Å². The van der Waals surface area contributed by atoms with Gasteiger partial charge in [-0.05, 0) is 74.7 Å². The number of esters is 2. The average Bonchev–Trinajstić information content (AvgIpc) is 1.60. The summed E-state index contributed by atoms with van der Waals surface area (Å²) in [4.78, 5) is 59.6. The van der Waals surface area contributed by atoms with E-state index in [2.05, 4.69) is 76.5 Å². The summed E-state index contributed by atoms with van der Waals surface area (Å²) in [6, 6.07) is -1.04. The minimum atomic E-state index is -4.08. The van der Waals surface area contributed by atoms with Gasteiger partial charge in [0.1, 0.15) is 52.8 Å². The summed E-state index contributed by atoms with van der Waals surface area (Å²) in [5.74, 6) is -1.28. The SMILES string of the molecule is CC[C@H]1OC(=O)[C@](C)(F)[C@@H]1C.CC[C@H]1O[C@@H](n2cnc3c(Cl)nc(N)nc32)[C@](C)(F)[C@@H]1C.CC[C@H]1O[C@H](Br)[C@](C)(F)[C@@H]1C.CNc1nc(N)nc2c1ncn2[C@@H]1O[C@H](CO)[C@@H](O)[C@@]1(C)F.CNc1nc(N)nc2c1ncn2[C@@H]1O[C@H](COP(=O)(N[C@@H](C)C(=O)OC(C)C)OP)[C@@H](O)[C@@]1(C)F. The number of hydrogen-bond acceptors (Lipinski definition) is 28. The van der Waals surface area contributed by atoms with E-state index >= 15 is 8.78 Å². The molecule has 6 aromatic heterocycles. The van der Waals surface area contributed by atoms with E-state index in [0.29, 0.717) is 40.3 Å². The molecule has 0 bridgehead atoms. The predicted octanol–water partition coefficient (Wildman–Crippen LogP) is 8.03. The van der Waals surface area contributed by atoms with Crippen molar-refractivity contribution in [3.63, 3.8) is 0 Å². The van der Waals surface area contributed by atoms with Gasteiger partial charge in [-0.1, -0.05) is 69.1 Å². The molecule has 0 amide bonds.